The van der Waals surface area contributed by atoms with Crippen molar-refractivity contribution in [1.82, 2.24) is 0 Å². The van der Waals surface area contributed by atoms with Crippen molar-refractivity contribution in [2.24, 2.45) is 47.3 Å². The maximum atomic E-state index is 3.96. The Balaban J connectivity index is 1.69. The lowest BCUT2D eigenvalue weighted by molar-refractivity contribution is 0.0992. The van der Waals surface area contributed by atoms with Crippen molar-refractivity contribution in [3.05, 3.63) is 24.8 Å². The largest absolute Gasteiger partial charge is 0.103 e. The molecule has 7 unspecified atom stereocenters. The first-order valence-electron chi connectivity index (χ1n) is 7.10. The molecule has 0 aliphatic heterocycles. The lowest BCUT2D eigenvalue weighted by Crippen LogP contribution is -2.35. The van der Waals surface area contributed by atoms with Crippen LogP contribution in [0.3, 0.4) is 0 Å². The standard InChI is InChI=1S/C16H22/c1-3-4-12-9(2)13-8-14(12)16-11-6-5-10(7-11)15(13)16/h3,5-6,9-16H,1,4,7-8H2,2H3/t9?,10?,11?,12?,13?,14?,15?,16-/m0/s1. The number of fused-ring (bicyclic) bond motifs is 9. The van der Waals surface area contributed by atoms with Gasteiger partial charge in [-0.05, 0) is 66.6 Å². The molecule has 0 aromatic heterocycles. The highest BCUT2D eigenvalue weighted by molar-refractivity contribution is 5.21. The van der Waals surface area contributed by atoms with Gasteiger partial charge >= 0.3 is 0 Å². The minimum absolute atomic E-state index is 0.963. The van der Waals surface area contributed by atoms with Gasteiger partial charge in [0, 0.05) is 0 Å². The Labute approximate surface area is 98.8 Å². The van der Waals surface area contributed by atoms with Gasteiger partial charge in [0.05, 0.1) is 0 Å². The summed E-state index contributed by atoms with van der Waals surface area (Å²) in [6.45, 7) is 6.48. The summed E-state index contributed by atoms with van der Waals surface area (Å²) in [6, 6.07) is 0. The third kappa shape index (κ3) is 0.931. The maximum absolute atomic E-state index is 3.96. The molecule has 4 bridgehead atoms. The van der Waals surface area contributed by atoms with E-state index in [0.29, 0.717) is 0 Å². The van der Waals surface area contributed by atoms with E-state index in [0.717, 1.165) is 47.3 Å². The van der Waals surface area contributed by atoms with E-state index < -0.39 is 0 Å². The Morgan fingerprint density at radius 1 is 1.12 bits per heavy atom. The Kier molecular flexibility index (Phi) is 1.80. The summed E-state index contributed by atoms with van der Waals surface area (Å²) in [4.78, 5) is 0. The van der Waals surface area contributed by atoms with Gasteiger partial charge < -0.3 is 0 Å². The molecule has 0 amide bonds. The Morgan fingerprint density at radius 2 is 1.81 bits per heavy atom. The number of hydrogen-bond acceptors (Lipinski definition) is 0. The molecule has 4 rings (SSSR count). The molecule has 0 radical (unpaired) electrons. The summed E-state index contributed by atoms with van der Waals surface area (Å²) in [6.07, 6.45) is 11.6. The van der Waals surface area contributed by atoms with Crippen LogP contribution in [-0.2, 0) is 0 Å². The third-order valence-corrected chi connectivity index (χ3v) is 6.46. The summed E-state index contributed by atoms with van der Waals surface area (Å²) >= 11 is 0. The average Bonchev–Trinajstić information content (AvgIpc) is 2.97. The molecule has 8 atom stereocenters. The minimum Gasteiger partial charge on any atom is -0.103 e. The topological polar surface area (TPSA) is 0 Å². The molecule has 0 heterocycles. The molecule has 0 aromatic rings. The molecule has 0 saturated heterocycles. The highest BCUT2D eigenvalue weighted by Gasteiger charge is 2.62. The number of allylic oxidation sites excluding steroid dienone is 3. The van der Waals surface area contributed by atoms with Gasteiger partial charge in [-0.3, -0.25) is 0 Å². The van der Waals surface area contributed by atoms with Crippen LogP contribution in [-0.4, -0.2) is 0 Å². The normalized spacial score (nSPS) is 60.6. The predicted octanol–water partition coefficient (Wildman–Crippen LogP) is 3.90. The van der Waals surface area contributed by atoms with Gasteiger partial charge in [-0.25, -0.2) is 0 Å². The van der Waals surface area contributed by atoms with Crippen LogP contribution >= 0.6 is 0 Å². The molecular formula is C16H22. The monoisotopic (exact) mass is 214 g/mol. The summed E-state index contributed by atoms with van der Waals surface area (Å²) < 4.78 is 0. The Hall–Kier alpha value is -0.520. The van der Waals surface area contributed by atoms with Gasteiger partial charge in [0.2, 0.25) is 0 Å². The van der Waals surface area contributed by atoms with Gasteiger partial charge in [-0.2, -0.15) is 0 Å². The van der Waals surface area contributed by atoms with Gasteiger partial charge in [-0.15, -0.1) is 6.58 Å². The lowest BCUT2D eigenvalue weighted by atomic mass is 9.64. The first-order valence-corrected chi connectivity index (χ1v) is 7.10. The van der Waals surface area contributed by atoms with E-state index in [-0.39, 0.29) is 0 Å². The van der Waals surface area contributed by atoms with E-state index in [9.17, 15) is 0 Å². The zero-order chi connectivity index (χ0) is 10.9. The second-order valence-electron chi connectivity index (χ2n) is 6.71. The van der Waals surface area contributed by atoms with Crippen molar-refractivity contribution in [1.29, 1.82) is 0 Å². The highest BCUT2D eigenvalue weighted by atomic mass is 14.7. The first-order chi connectivity index (χ1) is 7.81. The number of rotatable bonds is 2. The molecule has 4 aliphatic rings. The summed E-state index contributed by atoms with van der Waals surface area (Å²) in [7, 11) is 0. The fourth-order valence-electron chi connectivity index (χ4n) is 6.05. The molecule has 3 fully saturated rings. The van der Waals surface area contributed by atoms with Gasteiger partial charge in [-0.1, -0.05) is 25.2 Å². The van der Waals surface area contributed by atoms with Crippen molar-refractivity contribution in [2.45, 2.75) is 26.2 Å². The quantitative estimate of drug-likeness (QED) is 0.483. The van der Waals surface area contributed by atoms with Crippen molar-refractivity contribution < 1.29 is 0 Å². The van der Waals surface area contributed by atoms with Gasteiger partial charge in [0.25, 0.3) is 0 Å². The van der Waals surface area contributed by atoms with Crippen molar-refractivity contribution in [3.8, 4) is 0 Å². The van der Waals surface area contributed by atoms with E-state index in [1.807, 2.05) is 0 Å². The lowest BCUT2D eigenvalue weighted by Gasteiger charge is -2.40. The molecule has 0 aromatic carbocycles. The van der Waals surface area contributed by atoms with E-state index in [4.69, 9.17) is 0 Å². The van der Waals surface area contributed by atoms with Crippen LogP contribution in [0.4, 0.5) is 0 Å². The van der Waals surface area contributed by atoms with Crippen molar-refractivity contribution >= 4 is 0 Å². The molecule has 0 nitrogen and oxygen atoms in total. The van der Waals surface area contributed by atoms with E-state index in [1.54, 1.807) is 6.42 Å². The maximum Gasteiger partial charge on any atom is -0.0194 e. The second-order valence-corrected chi connectivity index (χ2v) is 6.71. The summed E-state index contributed by atoms with van der Waals surface area (Å²) in [5.41, 5.74) is 0. The van der Waals surface area contributed by atoms with Crippen molar-refractivity contribution in [3.63, 3.8) is 0 Å². The third-order valence-electron chi connectivity index (χ3n) is 6.46. The first kappa shape index (κ1) is 9.50. The van der Waals surface area contributed by atoms with Crippen LogP contribution in [0.15, 0.2) is 24.8 Å². The van der Waals surface area contributed by atoms with E-state index in [1.165, 1.54) is 12.8 Å². The fourth-order valence-corrected chi connectivity index (χ4v) is 6.05. The molecule has 4 aliphatic carbocycles. The fraction of sp³-hybridized carbons (Fsp3) is 0.750. The second kappa shape index (κ2) is 3.03. The molecule has 0 N–H and O–H groups in total. The molecule has 3 saturated carbocycles. The van der Waals surface area contributed by atoms with Crippen LogP contribution in [0.25, 0.3) is 0 Å². The Morgan fingerprint density at radius 3 is 2.50 bits per heavy atom. The molecule has 0 spiro atoms. The molecule has 16 heavy (non-hydrogen) atoms. The summed E-state index contributed by atoms with van der Waals surface area (Å²) in [5.74, 6) is 8.12. The average molecular weight is 214 g/mol. The smallest absolute Gasteiger partial charge is 0.0194 e. The van der Waals surface area contributed by atoms with E-state index in [2.05, 4.69) is 31.7 Å². The van der Waals surface area contributed by atoms with Crippen LogP contribution in [0, 0.1) is 47.3 Å². The van der Waals surface area contributed by atoms with Crippen molar-refractivity contribution in [2.75, 3.05) is 0 Å². The summed E-state index contributed by atoms with van der Waals surface area (Å²) in [5, 5.41) is 0. The van der Waals surface area contributed by atoms with Crippen LogP contribution in [0.5, 0.6) is 0 Å². The number of hydrogen-bond donors (Lipinski definition) is 0. The van der Waals surface area contributed by atoms with Crippen LogP contribution in [0.2, 0.25) is 0 Å². The molecular weight excluding hydrogens is 192 g/mol. The molecule has 0 heteroatoms. The van der Waals surface area contributed by atoms with E-state index >= 15 is 0 Å². The van der Waals surface area contributed by atoms with Gasteiger partial charge in [0.15, 0.2) is 0 Å². The van der Waals surface area contributed by atoms with Crippen LogP contribution in [0.1, 0.15) is 26.2 Å². The SMILES string of the molecule is C=CCC1C(C)C2CC1[C@@H]1C3C=CC(C3)C21. The highest BCUT2D eigenvalue weighted by Crippen LogP contribution is 2.69. The molecule has 86 valence electrons. The Bertz CT molecular complexity index is 353. The van der Waals surface area contributed by atoms with Gasteiger partial charge in [0.1, 0.15) is 0 Å². The zero-order valence-corrected chi connectivity index (χ0v) is 10.2. The minimum atomic E-state index is 0.963. The zero-order valence-electron chi connectivity index (χ0n) is 10.2. The van der Waals surface area contributed by atoms with Crippen LogP contribution < -0.4 is 0 Å². The predicted molar refractivity (Wildman–Crippen MR) is 66.8 cm³/mol.